The first-order valence-corrected chi connectivity index (χ1v) is 5.54. The van der Waals surface area contributed by atoms with Gasteiger partial charge in [-0.15, -0.1) is 0 Å². The van der Waals surface area contributed by atoms with Gasteiger partial charge < -0.3 is 10.5 Å². The molecule has 2 aromatic rings. The lowest BCUT2D eigenvalue weighted by Gasteiger charge is -2.06. The summed E-state index contributed by atoms with van der Waals surface area (Å²) in [7, 11) is 1.81. The van der Waals surface area contributed by atoms with E-state index in [1.807, 2.05) is 25.2 Å². The highest BCUT2D eigenvalue weighted by Crippen LogP contribution is 2.17. The molecule has 0 saturated carbocycles. The number of nitrogen functional groups attached to an aromatic ring is 1. The van der Waals surface area contributed by atoms with Crippen LogP contribution in [0.2, 0.25) is 0 Å². The third-order valence-electron chi connectivity index (χ3n) is 2.83. The number of nitrogens with two attached hydrogens (primary N) is 1. The molecule has 17 heavy (non-hydrogen) atoms. The maximum atomic E-state index is 5.70. The molecule has 0 bridgehead atoms. The molecule has 0 fully saturated rings. The molecule has 0 aliphatic rings. The predicted octanol–water partition coefficient (Wildman–Crippen LogP) is 2.20. The zero-order valence-corrected chi connectivity index (χ0v) is 10.4. The van der Waals surface area contributed by atoms with E-state index in [-0.39, 0.29) is 0 Å². The summed E-state index contributed by atoms with van der Waals surface area (Å²) in [5, 5.41) is 4.23. The molecular formula is C13H17N3O. The van der Waals surface area contributed by atoms with Crippen LogP contribution in [0.1, 0.15) is 16.8 Å². The Morgan fingerprint density at radius 3 is 2.59 bits per heavy atom. The van der Waals surface area contributed by atoms with Gasteiger partial charge >= 0.3 is 0 Å². The van der Waals surface area contributed by atoms with E-state index in [0.29, 0.717) is 12.4 Å². The molecule has 0 saturated heterocycles. The SMILES string of the molecule is Cc1ccc(OCc2cc(N)n(C)n2)cc1C. The first-order chi connectivity index (χ1) is 8.06. The number of anilines is 1. The zero-order chi connectivity index (χ0) is 12.4. The monoisotopic (exact) mass is 231 g/mol. The molecule has 2 rings (SSSR count). The number of aromatic nitrogens is 2. The number of nitrogens with zero attached hydrogens (tertiary/aromatic N) is 2. The van der Waals surface area contributed by atoms with Crippen LogP contribution in [0.5, 0.6) is 5.75 Å². The van der Waals surface area contributed by atoms with Gasteiger partial charge in [0.05, 0.1) is 0 Å². The molecule has 1 aromatic carbocycles. The van der Waals surface area contributed by atoms with Crippen LogP contribution in [0, 0.1) is 13.8 Å². The number of hydrogen-bond acceptors (Lipinski definition) is 3. The van der Waals surface area contributed by atoms with Crippen molar-refractivity contribution >= 4 is 5.82 Å². The van der Waals surface area contributed by atoms with Gasteiger partial charge in [-0.2, -0.15) is 5.10 Å². The molecule has 0 unspecified atom stereocenters. The van der Waals surface area contributed by atoms with Crippen LogP contribution in [-0.2, 0) is 13.7 Å². The number of aryl methyl sites for hydroxylation is 3. The van der Waals surface area contributed by atoms with Gasteiger partial charge in [-0.25, -0.2) is 0 Å². The summed E-state index contributed by atoms with van der Waals surface area (Å²) in [5.74, 6) is 1.50. The average Bonchev–Trinajstić information content (AvgIpc) is 2.60. The third-order valence-corrected chi connectivity index (χ3v) is 2.83. The lowest BCUT2D eigenvalue weighted by molar-refractivity contribution is 0.300. The minimum absolute atomic E-state index is 0.438. The maximum Gasteiger partial charge on any atom is 0.132 e. The lowest BCUT2D eigenvalue weighted by Crippen LogP contribution is -1.99. The van der Waals surface area contributed by atoms with Gasteiger partial charge in [-0.1, -0.05) is 6.07 Å². The van der Waals surface area contributed by atoms with Crippen molar-refractivity contribution in [3.05, 3.63) is 41.1 Å². The van der Waals surface area contributed by atoms with E-state index in [0.717, 1.165) is 11.4 Å². The molecule has 0 atom stereocenters. The highest BCUT2D eigenvalue weighted by Gasteiger charge is 2.03. The maximum absolute atomic E-state index is 5.70. The summed E-state index contributed by atoms with van der Waals surface area (Å²) in [6.07, 6.45) is 0. The van der Waals surface area contributed by atoms with Crippen molar-refractivity contribution in [2.24, 2.45) is 7.05 Å². The predicted molar refractivity (Wildman–Crippen MR) is 67.9 cm³/mol. The molecule has 0 aliphatic heterocycles. The van der Waals surface area contributed by atoms with Crippen molar-refractivity contribution in [3.8, 4) is 5.75 Å². The van der Waals surface area contributed by atoms with E-state index in [4.69, 9.17) is 10.5 Å². The Morgan fingerprint density at radius 2 is 2.00 bits per heavy atom. The highest BCUT2D eigenvalue weighted by atomic mass is 16.5. The Balaban J connectivity index is 2.04. The Morgan fingerprint density at radius 1 is 1.24 bits per heavy atom. The second kappa shape index (κ2) is 4.49. The number of rotatable bonds is 3. The fourth-order valence-electron chi connectivity index (χ4n) is 1.57. The average molecular weight is 231 g/mol. The summed E-state index contributed by atoms with van der Waals surface area (Å²) in [6.45, 7) is 4.59. The van der Waals surface area contributed by atoms with Crippen molar-refractivity contribution < 1.29 is 4.74 Å². The summed E-state index contributed by atoms with van der Waals surface area (Å²) in [6, 6.07) is 7.87. The molecule has 90 valence electrons. The summed E-state index contributed by atoms with van der Waals surface area (Å²) in [5.41, 5.74) is 9.02. The molecular weight excluding hydrogens is 214 g/mol. The van der Waals surface area contributed by atoms with Crippen LogP contribution in [0.15, 0.2) is 24.3 Å². The van der Waals surface area contributed by atoms with E-state index in [1.54, 1.807) is 4.68 Å². The van der Waals surface area contributed by atoms with Crippen molar-refractivity contribution in [2.75, 3.05) is 5.73 Å². The van der Waals surface area contributed by atoms with E-state index >= 15 is 0 Å². The Labute approximate surface area is 101 Å². The van der Waals surface area contributed by atoms with E-state index in [1.165, 1.54) is 11.1 Å². The van der Waals surface area contributed by atoms with Gasteiger partial charge in [0, 0.05) is 13.1 Å². The molecule has 0 amide bonds. The standard InChI is InChI=1S/C13H17N3O/c1-9-4-5-12(6-10(9)2)17-8-11-7-13(14)16(3)15-11/h4-7H,8,14H2,1-3H3. The van der Waals surface area contributed by atoms with E-state index in [2.05, 4.69) is 25.0 Å². The largest absolute Gasteiger partial charge is 0.487 e. The molecule has 0 spiro atoms. The number of benzene rings is 1. The van der Waals surface area contributed by atoms with Crippen molar-refractivity contribution in [2.45, 2.75) is 20.5 Å². The van der Waals surface area contributed by atoms with Crippen LogP contribution < -0.4 is 10.5 Å². The fourth-order valence-corrected chi connectivity index (χ4v) is 1.57. The molecule has 2 N–H and O–H groups in total. The minimum atomic E-state index is 0.438. The summed E-state index contributed by atoms with van der Waals surface area (Å²) >= 11 is 0. The Kier molecular flexibility index (Phi) is 3.04. The molecule has 4 nitrogen and oxygen atoms in total. The van der Waals surface area contributed by atoms with Crippen LogP contribution in [0.4, 0.5) is 5.82 Å². The molecule has 1 heterocycles. The summed E-state index contributed by atoms with van der Waals surface area (Å²) in [4.78, 5) is 0. The van der Waals surface area contributed by atoms with Crippen LogP contribution >= 0.6 is 0 Å². The van der Waals surface area contributed by atoms with Gasteiger partial charge in [0.15, 0.2) is 0 Å². The quantitative estimate of drug-likeness (QED) is 0.881. The van der Waals surface area contributed by atoms with Crippen LogP contribution in [-0.4, -0.2) is 9.78 Å². The van der Waals surface area contributed by atoms with Crippen LogP contribution in [0.25, 0.3) is 0 Å². The zero-order valence-electron chi connectivity index (χ0n) is 10.4. The fraction of sp³-hybridized carbons (Fsp3) is 0.308. The van der Waals surface area contributed by atoms with E-state index in [9.17, 15) is 0 Å². The number of hydrogen-bond donors (Lipinski definition) is 1. The van der Waals surface area contributed by atoms with Gasteiger partial charge in [0.25, 0.3) is 0 Å². The number of ether oxygens (including phenoxy) is 1. The van der Waals surface area contributed by atoms with Gasteiger partial charge in [0.1, 0.15) is 23.9 Å². The Bertz CT molecular complexity index is 512. The highest BCUT2D eigenvalue weighted by molar-refractivity contribution is 5.34. The minimum Gasteiger partial charge on any atom is -0.487 e. The van der Waals surface area contributed by atoms with Gasteiger partial charge in [-0.05, 0) is 37.1 Å². The van der Waals surface area contributed by atoms with Crippen molar-refractivity contribution in [1.82, 2.24) is 9.78 Å². The second-order valence-corrected chi connectivity index (χ2v) is 4.22. The smallest absolute Gasteiger partial charge is 0.132 e. The van der Waals surface area contributed by atoms with Gasteiger partial charge in [-0.3, -0.25) is 4.68 Å². The van der Waals surface area contributed by atoms with E-state index < -0.39 is 0 Å². The normalized spacial score (nSPS) is 10.5. The Hall–Kier alpha value is -1.97. The molecule has 0 radical (unpaired) electrons. The lowest BCUT2D eigenvalue weighted by atomic mass is 10.1. The van der Waals surface area contributed by atoms with Crippen LogP contribution in [0.3, 0.4) is 0 Å². The first-order valence-electron chi connectivity index (χ1n) is 5.54. The van der Waals surface area contributed by atoms with Crippen molar-refractivity contribution in [3.63, 3.8) is 0 Å². The topological polar surface area (TPSA) is 53.1 Å². The molecule has 0 aliphatic carbocycles. The second-order valence-electron chi connectivity index (χ2n) is 4.22. The third kappa shape index (κ3) is 2.58. The molecule has 4 heteroatoms. The first kappa shape index (κ1) is 11.5. The molecule has 1 aromatic heterocycles. The van der Waals surface area contributed by atoms with Gasteiger partial charge in [0.2, 0.25) is 0 Å². The van der Waals surface area contributed by atoms with Crippen molar-refractivity contribution in [1.29, 1.82) is 0 Å². The summed E-state index contributed by atoms with van der Waals surface area (Å²) < 4.78 is 7.30.